The second-order valence-electron chi connectivity index (χ2n) is 8.98. The van der Waals surface area contributed by atoms with E-state index in [9.17, 15) is 18.5 Å². The van der Waals surface area contributed by atoms with Gasteiger partial charge in [0.15, 0.2) is 5.75 Å². The molecule has 5 rings (SSSR count). The Morgan fingerprint density at radius 2 is 1.94 bits per heavy atom. The lowest BCUT2D eigenvalue weighted by Gasteiger charge is -2.37. The molecule has 0 bridgehead atoms. The molecule has 3 aromatic carbocycles. The molecule has 1 heterocycles. The highest BCUT2D eigenvalue weighted by Gasteiger charge is 2.39. The van der Waals surface area contributed by atoms with Gasteiger partial charge in [0.25, 0.3) is 10.0 Å². The monoisotopic (exact) mass is 525 g/mol. The first-order valence-electron chi connectivity index (χ1n) is 11.4. The molecule has 10 heteroatoms. The first-order valence-corrected chi connectivity index (χ1v) is 13.2. The summed E-state index contributed by atoms with van der Waals surface area (Å²) in [4.78, 5) is 11.3. The summed E-state index contributed by atoms with van der Waals surface area (Å²) >= 11 is 6.00. The van der Waals surface area contributed by atoms with E-state index in [1.165, 1.54) is 7.11 Å². The highest BCUT2D eigenvalue weighted by atomic mass is 35.5. The van der Waals surface area contributed by atoms with Gasteiger partial charge in [0, 0.05) is 22.7 Å². The number of allylic oxidation sites excluding steroid dienone is 2. The van der Waals surface area contributed by atoms with Crippen LogP contribution < -0.4 is 14.8 Å². The molecule has 0 unspecified atom stereocenters. The van der Waals surface area contributed by atoms with Gasteiger partial charge >= 0.3 is 5.69 Å². The van der Waals surface area contributed by atoms with Gasteiger partial charge in [0.1, 0.15) is 0 Å². The summed E-state index contributed by atoms with van der Waals surface area (Å²) in [6.45, 7) is 1.79. The molecular formula is C26H24ClN3O5S. The molecular weight excluding hydrogens is 502 g/mol. The molecule has 3 atom stereocenters. The number of nitro benzene ring substituents is 1. The number of nitro groups is 1. The highest BCUT2D eigenvalue weighted by molar-refractivity contribution is 7.92. The van der Waals surface area contributed by atoms with E-state index in [2.05, 4.69) is 22.2 Å². The highest BCUT2D eigenvalue weighted by Crippen LogP contribution is 2.51. The van der Waals surface area contributed by atoms with E-state index >= 15 is 0 Å². The smallest absolute Gasteiger partial charge is 0.311 e. The predicted octanol–water partition coefficient (Wildman–Crippen LogP) is 6.19. The van der Waals surface area contributed by atoms with Crippen molar-refractivity contribution in [3.8, 4) is 5.75 Å². The van der Waals surface area contributed by atoms with Crippen molar-refractivity contribution in [1.29, 1.82) is 0 Å². The number of fused-ring (bicyclic) bond motifs is 3. The van der Waals surface area contributed by atoms with E-state index in [4.69, 9.17) is 16.3 Å². The lowest BCUT2D eigenvalue weighted by atomic mass is 9.77. The summed E-state index contributed by atoms with van der Waals surface area (Å²) in [5, 5.41) is 15.6. The molecule has 0 spiro atoms. The Balaban J connectivity index is 1.49. The van der Waals surface area contributed by atoms with Crippen LogP contribution >= 0.6 is 11.6 Å². The molecule has 0 saturated heterocycles. The average molecular weight is 526 g/mol. The van der Waals surface area contributed by atoms with Crippen LogP contribution in [0.2, 0.25) is 5.02 Å². The number of ether oxygens (including phenoxy) is 1. The number of rotatable bonds is 6. The molecule has 3 aromatic rings. The van der Waals surface area contributed by atoms with E-state index in [1.807, 2.05) is 6.07 Å². The van der Waals surface area contributed by atoms with Crippen LogP contribution in [0, 0.1) is 23.0 Å². The third-order valence-electron chi connectivity index (χ3n) is 6.84. The van der Waals surface area contributed by atoms with Crippen molar-refractivity contribution in [3.63, 3.8) is 0 Å². The molecule has 36 heavy (non-hydrogen) atoms. The molecule has 2 N–H and O–H groups in total. The minimum atomic E-state index is -3.83. The van der Waals surface area contributed by atoms with Crippen LogP contribution in [0.25, 0.3) is 0 Å². The predicted molar refractivity (Wildman–Crippen MR) is 139 cm³/mol. The first-order chi connectivity index (χ1) is 17.2. The standard InChI is InChI=1S/C26H24ClN3O5S/c1-15-12-17(27)7-9-22(15)29-36(33,34)18-8-10-23-21(14-18)19-4-3-5-20(19)26(28-23)16-6-11-25(35-2)24(13-16)30(31)32/h3-4,6-14,19-20,26,28-29H,5H2,1-2H3/t19-,20+,26+/m0/s1. The van der Waals surface area contributed by atoms with Crippen molar-refractivity contribution < 1.29 is 18.1 Å². The van der Waals surface area contributed by atoms with Gasteiger partial charge in [0.05, 0.1) is 28.7 Å². The molecule has 2 aliphatic rings. The van der Waals surface area contributed by atoms with Crippen LogP contribution in [0.1, 0.15) is 35.1 Å². The summed E-state index contributed by atoms with van der Waals surface area (Å²) in [6, 6.07) is 14.8. The number of aryl methyl sites for hydroxylation is 1. The largest absolute Gasteiger partial charge is 0.490 e. The summed E-state index contributed by atoms with van der Waals surface area (Å²) in [6.07, 6.45) is 4.93. The maximum Gasteiger partial charge on any atom is 0.311 e. The quantitative estimate of drug-likeness (QED) is 0.225. The van der Waals surface area contributed by atoms with Crippen molar-refractivity contribution in [3.05, 3.63) is 98.6 Å². The Labute approximate surface area is 214 Å². The number of nitrogens with one attached hydrogen (secondary N) is 2. The Hall–Kier alpha value is -3.56. The summed E-state index contributed by atoms with van der Waals surface area (Å²) in [7, 11) is -2.43. The topological polar surface area (TPSA) is 111 Å². The zero-order chi connectivity index (χ0) is 25.6. The van der Waals surface area contributed by atoms with Crippen molar-refractivity contribution >= 4 is 38.7 Å². The number of hydrogen-bond donors (Lipinski definition) is 2. The van der Waals surface area contributed by atoms with Crippen molar-refractivity contribution in [2.75, 3.05) is 17.1 Å². The fourth-order valence-electron chi connectivity index (χ4n) is 5.06. The fourth-order valence-corrected chi connectivity index (χ4v) is 6.45. The SMILES string of the molecule is COc1ccc([C@H]2Nc3ccc(S(=O)(=O)Nc4ccc(Cl)cc4C)cc3[C@H]3C=CC[C@H]32)cc1[N+](=O)[O-]. The second-order valence-corrected chi connectivity index (χ2v) is 11.1. The number of sulfonamides is 1. The van der Waals surface area contributed by atoms with Gasteiger partial charge in [-0.3, -0.25) is 14.8 Å². The average Bonchev–Trinajstić information content (AvgIpc) is 3.35. The zero-order valence-electron chi connectivity index (χ0n) is 19.6. The Morgan fingerprint density at radius 1 is 1.14 bits per heavy atom. The van der Waals surface area contributed by atoms with Crippen LogP contribution in [0.15, 0.2) is 71.6 Å². The molecule has 0 amide bonds. The molecule has 1 aliphatic carbocycles. The van der Waals surface area contributed by atoms with E-state index in [0.29, 0.717) is 10.7 Å². The number of hydrogen-bond acceptors (Lipinski definition) is 6. The number of anilines is 2. The van der Waals surface area contributed by atoms with Gasteiger partial charge in [-0.1, -0.05) is 29.8 Å². The number of halogens is 1. The summed E-state index contributed by atoms with van der Waals surface area (Å²) < 4.78 is 34.2. The van der Waals surface area contributed by atoms with Gasteiger partial charge in [-0.25, -0.2) is 8.42 Å². The maximum atomic E-state index is 13.2. The lowest BCUT2D eigenvalue weighted by molar-refractivity contribution is -0.385. The van der Waals surface area contributed by atoms with Crippen LogP contribution in [0.3, 0.4) is 0 Å². The normalized spacial score (nSPS) is 20.2. The third-order valence-corrected chi connectivity index (χ3v) is 8.43. The van der Waals surface area contributed by atoms with Crippen LogP contribution in [-0.2, 0) is 10.0 Å². The Morgan fingerprint density at radius 3 is 2.67 bits per heavy atom. The van der Waals surface area contributed by atoms with Crippen LogP contribution in [0.4, 0.5) is 17.1 Å². The van der Waals surface area contributed by atoms with Crippen LogP contribution in [-0.4, -0.2) is 20.5 Å². The van der Waals surface area contributed by atoms with Gasteiger partial charge in [-0.05, 0) is 78.4 Å². The summed E-state index contributed by atoms with van der Waals surface area (Å²) in [5.74, 6) is 0.258. The number of methoxy groups -OCH3 is 1. The van der Waals surface area contributed by atoms with Gasteiger partial charge in [-0.2, -0.15) is 0 Å². The second kappa shape index (κ2) is 9.15. The number of nitrogens with zero attached hydrogens (tertiary/aromatic N) is 1. The van der Waals surface area contributed by atoms with Crippen molar-refractivity contribution in [2.24, 2.45) is 5.92 Å². The first kappa shape index (κ1) is 24.1. The fraction of sp³-hybridized carbons (Fsp3) is 0.231. The van der Waals surface area contributed by atoms with E-state index in [-0.39, 0.29) is 34.2 Å². The molecule has 0 radical (unpaired) electrons. The Bertz CT molecular complexity index is 1510. The van der Waals surface area contributed by atoms with Crippen molar-refractivity contribution in [1.82, 2.24) is 0 Å². The molecule has 8 nitrogen and oxygen atoms in total. The molecule has 0 aromatic heterocycles. The minimum Gasteiger partial charge on any atom is -0.490 e. The molecule has 0 fully saturated rings. The maximum absolute atomic E-state index is 13.2. The van der Waals surface area contributed by atoms with Crippen molar-refractivity contribution in [2.45, 2.75) is 30.2 Å². The third kappa shape index (κ3) is 4.29. The Kier molecular flexibility index (Phi) is 6.13. The van der Waals surface area contributed by atoms with Gasteiger partial charge in [-0.15, -0.1) is 0 Å². The summed E-state index contributed by atoms with van der Waals surface area (Å²) in [5.41, 5.74) is 3.56. The zero-order valence-corrected chi connectivity index (χ0v) is 21.1. The van der Waals surface area contributed by atoms with Gasteiger partial charge in [0.2, 0.25) is 0 Å². The molecule has 0 saturated carbocycles. The van der Waals surface area contributed by atoms with E-state index in [0.717, 1.165) is 28.8 Å². The van der Waals surface area contributed by atoms with Crippen LogP contribution in [0.5, 0.6) is 5.75 Å². The molecule has 1 aliphatic heterocycles. The van der Waals surface area contributed by atoms with E-state index < -0.39 is 14.9 Å². The molecule has 186 valence electrons. The van der Waals surface area contributed by atoms with Gasteiger partial charge < -0.3 is 10.1 Å². The van der Waals surface area contributed by atoms with E-state index in [1.54, 1.807) is 55.5 Å². The minimum absolute atomic E-state index is 0.0279. The number of benzene rings is 3. The lowest BCUT2D eigenvalue weighted by Crippen LogP contribution is -2.29.